The van der Waals surface area contributed by atoms with Crippen LogP contribution in [0.3, 0.4) is 0 Å². The number of piperazine rings is 1. The summed E-state index contributed by atoms with van der Waals surface area (Å²) in [7, 11) is 0. The summed E-state index contributed by atoms with van der Waals surface area (Å²) in [5, 5.41) is 10.4. The van der Waals surface area contributed by atoms with Gasteiger partial charge in [-0.25, -0.2) is 4.39 Å². The summed E-state index contributed by atoms with van der Waals surface area (Å²) < 4.78 is 13.9. The SMILES string of the molecule is Cc1ccc(C(O)CN2CCN(c3ccccc3F)CC2)cc1N. The largest absolute Gasteiger partial charge is 0.399 e. The minimum absolute atomic E-state index is 0.180. The minimum atomic E-state index is -0.562. The fourth-order valence-electron chi connectivity index (χ4n) is 3.10. The normalized spacial score (nSPS) is 17.0. The Morgan fingerprint density at radius 2 is 1.83 bits per heavy atom. The number of hydrogen-bond acceptors (Lipinski definition) is 4. The Morgan fingerprint density at radius 1 is 1.12 bits per heavy atom. The van der Waals surface area contributed by atoms with Gasteiger partial charge in [0.15, 0.2) is 0 Å². The molecule has 1 atom stereocenters. The number of nitrogens with zero attached hydrogens (tertiary/aromatic N) is 2. The first kappa shape index (κ1) is 16.7. The molecule has 1 fully saturated rings. The number of aryl methyl sites for hydroxylation is 1. The van der Waals surface area contributed by atoms with E-state index in [1.165, 1.54) is 6.07 Å². The molecule has 5 heteroatoms. The lowest BCUT2D eigenvalue weighted by Crippen LogP contribution is -2.47. The van der Waals surface area contributed by atoms with Gasteiger partial charge in [-0.3, -0.25) is 4.90 Å². The van der Waals surface area contributed by atoms with E-state index in [0.29, 0.717) is 17.9 Å². The molecule has 128 valence electrons. The van der Waals surface area contributed by atoms with Crippen molar-refractivity contribution in [1.82, 2.24) is 4.90 Å². The van der Waals surface area contributed by atoms with Gasteiger partial charge in [0, 0.05) is 38.4 Å². The van der Waals surface area contributed by atoms with Crippen LogP contribution in [0.25, 0.3) is 0 Å². The number of nitrogen functional groups attached to an aromatic ring is 1. The first-order chi connectivity index (χ1) is 11.5. The Hall–Kier alpha value is -2.11. The van der Waals surface area contributed by atoms with E-state index in [2.05, 4.69) is 9.80 Å². The van der Waals surface area contributed by atoms with Gasteiger partial charge >= 0.3 is 0 Å². The van der Waals surface area contributed by atoms with Crippen LogP contribution in [-0.2, 0) is 0 Å². The van der Waals surface area contributed by atoms with E-state index in [4.69, 9.17) is 5.73 Å². The van der Waals surface area contributed by atoms with Crippen molar-refractivity contribution in [3.05, 3.63) is 59.4 Å². The van der Waals surface area contributed by atoms with Crippen molar-refractivity contribution < 1.29 is 9.50 Å². The van der Waals surface area contributed by atoms with Crippen molar-refractivity contribution in [2.45, 2.75) is 13.0 Å². The molecule has 3 rings (SSSR count). The van der Waals surface area contributed by atoms with Crippen molar-refractivity contribution in [1.29, 1.82) is 0 Å². The average Bonchev–Trinajstić information content (AvgIpc) is 2.58. The summed E-state index contributed by atoms with van der Waals surface area (Å²) in [5.74, 6) is -0.180. The van der Waals surface area contributed by atoms with Gasteiger partial charge in [-0.2, -0.15) is 0 Å². The second kappa shape index (κ2) is 7.20. The Morgan fingerprint density at radius 3 is 2.50 bits per heavy atom. The number of para-hydroxylation sites is 1. The van der Waals surface area contributed by atoms with Gasteiger partial charge in [-0.05, 0) is 36.2 Å². The van der Waals surface area contributed by atoms with E-state index < -0.39 is 6.10 Å². The van der Waals surface area contributed by atoms with Gasteiger partial charge in [0.2, 0.25) is 0 Å². The monoisotopic (exact) mass is 329 g/mol. The highest BCUT2D eigenvalue weighted by atomic mass is 19.1. The number of halogens is 1. The Balaban J connectivity index is 1.57. The van der Waals surface area contributed by atoms with Crippen LogP contribution in [0.1, 0.15) is 17.2 Å². The van der Waals surface area contributed by atoms with Crippen molar-refractivity contribution in [3.63, 3.8) is 0 Å². The minimum Gasteiger partial charge on any atom is -0.399 e. The van der Waals surface area contributed by atoms with Crippen LogP contribution >= 0.6 is 0 Å². The zero-order chi connectivity index (χ0) is 17.1. The van der Waals surface area contributed by atoms with Crippen molar-refractivity contribution in [2.24, 2.45) is 0 Å². The standard InChI is InChI=1S/C19H24FN3O/c1-14-6-7-15(12-17(14)21)19(24)13-22-8-10-23(11-9-22)18-5-3-2-4-16(18)20/h2-7,12,19,24H,8-11,13,21H2,1H3. The van der Waals surface area contributed by atoms with E-state index in [1.807, 2.05) is 37.3 Å². The lowest BCUT2D eigenvalue weighted by Gasteiger charge is -2.37. The van der Waals surface area contributed by atoms with Crippen LogP contribution in [0.2, 0.25) is 0 Å². The van der Waals surface area contributed by atoms with Gasteiger partial charge in [-0.15, -0.1) is 0 Å². The van der Waals surface area contributed by atoms with Gasteiger partial charge in [0.1, 0.15) is 5.82 Å². The van der Waals surface area contributed by atoms with Crippen molar-refractivity contribution >= 4 is 11.4 Å². The molecule has 1 unspecified atom stereocenters. The number of aliphatic hydroxyl groups excluding tert-OH is 1. The predicted molar refractivity (Wildman–Crippen MR) is 95.6 cm³/mol. The molecule has 0 aliphatic carbocycles. The first-order valence-corrected chi connectivity index (χ1v) is 8.30. The summed E-state index contributed by atoms with van der Waals surface area (Å²) in [6.45, 7) is 5.62. The molecule has 0 amide bonds. The molecule has 2 aromatic carbocycles. The fraction of sp³-hybridized carbons (Fsp3) is 0.368. The maximum atomic E-state index is 13.9. The van der Waals surface area contributed by atoms with Crippen LogP contribution in [-0.4, -0.2) is 42.7 Å². The summed E-state index contributed by atoms with van der Waals surface area (Å²) in [6, 6.07) is 12.6. The molecule has 24 heavy (non-hydrogen) atoms. The summed E-state index contributed by atoms with van der Waals surface area (Å²) in [6.07, 6.45) is -0.562. The number of aliphatic hydroxyl groups is 1. The number of β-amino-alcohol motifs (C(OH)–C–C–N with tert-alkyl or cyclic N) is 1. The predicted octanol–water partition coefficient (Wildman–Crippen LogP) is 2.57. The molecule has 3 N–H and O–H groups in total. The lowest BCUT2D eigenvalue weighted by molar-refractivity contribution is 0.109. The third-order valence-electron chi connectivity index (χ3n) is 4.68. The first-order valence-electron chi connectivity index (χ1n) is 8.30. The number of benzene rings is 2. The summed E-state index contributed by atoms with van der Waals surface area (Å²) in [4.78, 5) is 4.26. The van der Waals surface area contributed by atoms with E-state index in [1.54, 1.807) is 6.07 Å². The van der Waals surface area contributed by atoms with Gasteiger partial charge in [0.05, 0.1) is 11.8 Å². The second-order valence-electron chi connectivity index (χ2n) is 6.37. The van der Waals surface area contributed by atoms with Crippen LogP contribution in [0.5, 0.6) is 0 Å². The molecule has 1 saturated heterocycles. The topological polar surface area (TPSA) is 52.7 Å². The highest BCUT2D eigenvalue weighted by Gasteiger charge is 2.21. The summed E-state index contributed by atoms with van der Waals surface area (Å²) >= 11 is 0. The summed E-state index contributed by atoms with van der Waals surface area (Å²) in [5.41, 5.74) is 9.14. The molecular formula is C19H24FN3O. The molecule has 0 aromatic heterocycles. The molecule has 4 nitrogen and oxygen atoms in total. The molecule has 2 aromatic rings. The lowest BCUT2D eigenvalue weighted by atomic mass is 10.0. The Labute approximate surface area is 142 Å². The van der Waals surface area contributed by atoms with Gasteiger partial charge in [-0.1, -0.05) is 24.3 Å². The van der Waals surface area contributed by atoms with Crippen LogP contribution in [0.15, 0.2) is 42.5 Å². The molecule has 1 aliphatic heterocycles. The highest BCUT2D eigenvalue weighted by molar-refractivity contribution is 5.49. The van der Waals surface area contributed by atoms with Crippen LogP contribution in [0.4, 0.5) is 15.8 Å². The smallest absolute Gasteiger partial charge is 0.146 e. The molecule has 1 aliphatic rings. The molecular weight excluding hydrogens is 305 g/mol. The average molecular weight is 329 g/mol. The number of anilines is 2. The fourth-order valence-corrected chi connectivity index (χ4v) is 3.10. The number of rotatable bonds is 4. The third-order valence-corrected chi connectivity index (χ3v) is 4.68. The van der Waals surface area contributed by atoms with E-state index in [9.17, 15) is 9.50 Å². The molecule has 0 radical (unpaired) electrons. The molecule has 0 saturated carbocycles. The zero-order valence-electron chi connectivity index (χ0n) is 14.0. The highest BCUT2D eigenvalue weighted by Crippen LogP contribution is 2.23. The number of nitrogens with two attached hydrogens (primary N) is 1. The van der Waals surface area contributed by atoms with Crippen molar-refractivity contribution in [3.8, 4) is 0 Å². The van der Waals surface area contributed by atoms with Crippen LogP contribution in [0, 0.1) is 12.7 Å². The maximum absolute atomic E-state index is 13.9. The quantitative estimate of drug-likeness (QED) is 0.847. The maximum Gasteiger partial charge on any atom is 0.146 e. The van der Waals surface area contributed by atoms with E-state index in [0.717, 1.165) is 37.3 Å². The van der Waals surface area contributed by atoms with Gasteiger partial charge in [0.25, 0.3) is 0 Å². The van der Waals surface area contributed by atoms with E-state index >= 15 is 0 Å². The van der Waals surface area contributed by atoms with Crippen molar-refractivity contribution in [2.75, 3.05) is 43.4 Å². The van der Waals surface area contributed by atoms with Gasteiger partial charge < -0.3 is 15.7 Å². The van der Waals surface area contributed by atoms with E-state index in [-0.39, 0.29) is 5.82 Å². The Bertz CT molecular complexity index is 699. The molecule has 0 spiro atoms. The molecule has 0 bridgehead atoms. The van der Waals surface area contributed by atoms with Crippen LogP contribution < -0.4 is 10.6 Å². The molecule has 1 heterocycles. The second-order valence-corrected chi connectivity index (χ2v) is 6.37. The number of hydrogen-bond donors (Lipinski definition) is 2. The zero-order valence-corrected chi connectivity index (χ0v) is 14.0. The third kappa shape index (κ3) is 3.68. The Kier molecular flexibility index (Phi) is 5.02.